The Bertz CT molecular complexity index is 1360. The zero-order chi connectivity index (χ0) is 28.1. The van der Waals surface area contributed by atoms with Crippen LogP contribution >= 0.6 is 11.6 Å². The second-order valence-electron chi connectivity index (χ2n) is 8.60. The zero-order valence-electron chi connectivity index (χ0n) is 21.2. The number of anilines is 2. The smallest absolute Gasteiger partial charge is 0.372 e. The van der Waals surface area contributed by atoms with Crippen molar-refractivity contribution in [3.63, 3.8) is 0 Å². The third kappa shape index (κ3) is 6.99. The van der Waals surface area contributed by atoms with Gasteiger partial charge < -0.3 is 10.2 Å². The summed E-state index contributed by atoms with van der Waals surface area (Å²) in [7, 11) is -4.39. The minimum atomic E-state index is -4.81. The summed E-state index contributed by atoms with van der Waals surface area (Å²) in [4.78, 5) is 14.9. The number of hydrogen-bond donors (Lipinski definition) is 1. The molecule has 0 fully saturated rings. The van der Waals surface area contributed by atoms with Crippen LogP contribution in [0.4, 0.5) is 24.5 Å². The Hall–Kier alpha value is -3.24. The molecule has 0 saturated heterocycles. The van der Waals surface area contributed by atoms with E-state index in [2.05, 4.69) is 10.2 Å². The molecule has 38 heavy (non-hydrogen) atoms. The van der Waals surface area contributed by atoms with E-state index in [9.17, 15) is 26.4 Å². The standard InChI is InChI=1S/C27H29ClF3N3O3S/c1-4-33(5-2)21-10-8-20(9-11-21)17-32-26(35)18-34(38(36,37)23-13-6-19(3)7-14-23)22-12-15-25(28)24(16-22)27(29,30)31/h6-16H,4-5,17-18H2,1-3H3,(H,32,35). The van der Waals surface area contributed by atoms with Gasteiger partial charge in [0, 0.05) is 25.3 Å². The Morgan fingerprint density at radius 1 is 0.921 bits per heavy atom. The van der Waals surface area contributed by atoms with Crippen LogP contribution in [0.5, 0.6) is 0 Å². The van der Waals surface area contributed by atoms with Crippen LogP contribution in [0.3, 0.4) is 0 Å². The molecule has 204 valence electrons. The molecule has 0 aliphatic heterocycles. The molecule has 0 saturated carbocycles. The quantitative estimate of drug-likeness (QED) is 0.325. The van der Waals surface area contributed by atoms with Crippen molar-refractivity contribution in [2.45, 2.75) is 38.4 Å². The van der Waals surface area contributed by atoms with E-state index >= 15 is 0 Å². The van der Waals surface area contributed by atoms with Gasteiger partial charge in [-0.2, -0.15) is 13.2 Å². The molecular formula is C27H29ClF3N3O3S. The van der Waals surface area contributed by atoms with Crippen molar-refractivity contribution in [3.05, 3.63) is 88.4 Å². The zero-order valence-corrected chi connectivity index (χ0v) is 22.8. The molecule has 0 radical (unpaired) electrons. The molecule has 0 bridgehead atoms. The molecule has 0 atom stereocenters. The molecular weight excluding hydrogens is 539 g/mol. The van der Waals surface area contributed by atoms with Gasteiger partial charge >= 0.3 is 6.18 Å². The Kier molecular flexibility index (Phi) is 9.32. The molecule has 0 spiro atoms. The van der Waals surface area contributed by atoms with Gasteiger partial charge in [0.05, 0.1) is 21.2 Å². The third-order valence-electron chi connectivity index (χ3n) is 5.99. The third-order valence-corrected chi connectivity index (χ3v) is 8.11. The summed E-state index contributed by atoms with van der Waals surface area (Å²) in [6.07, 6.45) is -4.81. The number of carbonyl (C=O) groups excluding carboxylic acids is 1. The first-order valence-corrected chi connectivity index (χ1v) is 13.7. The number of halogens is 4. The SMILES string of the molecule is CCN(CC)c1ccc(CNC(=O)CN(c2ccc(Cl)c(C(F)(F)F)c2)S(=O)(=O)c2ccc(C)cc2)cc1. The largest absolute Gasteiger partial charge is 0.417 e. The van der Waals surface area contributed by atoms with Gasteiger partial charge in [-0.25, -0.2) is 8.42 Å². The highest BCUT2D eigenvalue weighted by Gasteiger charge is 2.35. The number of amides is 1. The molecule has 0 unspecified atom stereocenters. The van der Waals surface area contributed by atoms with E-state index in [1.165, 1.54) is 12.1 Å². The van der Waals surface area contributed by atoms with Crippen molar-refractivity contribution in [1.29, 1.82) is 0 Å². The van der Waals surface area contributed by atoms with Crippen LogP contribution in [-0.4, -0.2) is 34.0 Å². The van der Waals surface area contributed by atoms with Crippen LogP contribution < -0.4 is 14.5 Å². The lowest BCUT2D eigenvalue weighted by Crippen LogP contribution is -2.40. The van der Waals surface area contributed by atoms with E-state index in [1.54, 1.807) is 19.1 Å². The second-order valence-corrected chi connectivity index (χ2v) is 10.9. The van der Waals surface area contributed by atoms with Gasteiger partial charge in [-0.3, -0.25) is 9.10 Å². The van der Waals surface area contributed by atoms with Gasteiger partial charge in [0.1, 0.15) is 6.54 Å². The lowest BCUT2D eigenvalue weighted by atomic mass is 10.2. The number of hydrogen-bond acceptors (Lipinski definition) is 4. The first-order chi connectivity index (χ1) is 17.9. The summed E-state index contributed by atoms with van der Waals surface area (Å²) in [5, 5.41) is 2.08. The molecule has 0 aromatic heterocycles. The summed E-state index contributed by atoms with van der Waals surface area (Å²) < 4.78 is 68.2. The molecule has 1 N–H and O–H groups in total. The van der Waals surface area contributed by atoms with Crippen molar-refractivity contribution in [2.24, 2.45) is 0 Å². The van der Waals surface area contributed by atoms with Crippen LogP contribution in [0.15, 0.2) is 71.6 Å². The fourth-order valence-electron chi connectivity index (χ4n) is 3.84. The average Bonchev–Trinajstić information content (AvgIpc) is 2.87. The van der Waals surface area contributed by atoms with E-state index in [0.717, 1.165) is 42.0 Å². The fourth-order valence-corrected chi connectivity index (χ4v) is 5.48. The predicted octanol–water partition coefficient (Wildman–Crippen LogP) is 6.03. The van der Waals surface area contributed by atoms with Gasteiger partial charge in [-0.05, 0) is 68.8 Å². The highest BCUT2D eigenvalue weighted by atomic mass is 35.5. The van der Waals surface area contributed by atoms with E-state index in [-0.39, 0.29) is 17.1 Å². The number of benzene rings is 3. The van der Waals surface area contributed by atoms with Crippen molar-refractivity contribution < 1.29 is 26.4 Å². The molecule has 11 heteroatoms. The molecule has 0 heterocycles. The van der Waals surface area contributed by atoms with Crippen molar-refractivity contribution in [3.8, 4) is 0 Å². The number of sulfonamides is 1. The highest BCUT2D eigenvalue weighted by Crippen LogP contribution is 2.38. The highest BCUT2D eigenvalue weighted by molar-refractivity contribution is 7.92. The van der Waals surface area contributed by atoms with E-state index in [1.807, 2.05) is 38.1 Å². The number of rotatable bonds is 10. The van der Waals surface area contributed by atoms with Crippen LogP contribution in [0.25, 0.3) is 0 Å². The molecule has 3 aromatic carbocycles. The Morgan fingerprint density at radius 3 is 2.05 bits per heavy atom. The summed E-state index contributed by atoms with van der Waals surface area (Å²) in [6.45, 7) is 6.94. The van der Waals surface area contributed by atoms with Crippen LogP contribution in [0.1, 0.15) is 30.5 Å². The monoisotopic (exact) mass is 567 g/mol. The molecule has 6 nitrogen and oxygen atoms in total. The maximum atomic E-state index is 13.5. The molecule has 3 rings (SSSR count). The minimum absolute atomic E-state index is 0.115. The normalized spacial score (nSPS) is 11.8. The first kappa shape index (κ1) is 29.3. The lowest BCUT2D eigenvalue weighted by Gasteiger charge is -2.25. The Balaban J connectivity index is 1.88. The van der Waals surface area contributed by atoms with Gasteiger partial charge in [0.2, 0.25) is 5.91 Å². The van der Waals surface area contributed by atoms with Gasteiger partial charge in [-0.1, -0.05) is 41.4 Å². The molecule has 1 amide bonds. The number of alkyl halides is 3. The van der Waals surface area contributed by atoms with E-state index in [4.69, 9.17) is 11.6 Å². The Morgan fingerprint density at radius 2 is 1.50 bits per heavy atom. The van der Waals surface area contributed by atoms with Gasteiger partial charge in [0.25, 0.3) is 10.0 Å². The maximum Gasteiger partial charge on any atom is 0.417 e. The van der Waals surface area contributed by atoms with Crippen LogP contribution in [0.2, 0.25) is 5.02 Å². The second kappa shape index (κ2) is 12.1. The van der Waals surface area contributed by atoms with Crippen molar-refractivity contribution in [2.75, 3.05) is 28.8 Å². The minimum Gasteiger partial charge on any atom is -0.372 e. The van der Waals surface area contributed by atoms with Crippen molar-refractivity contribution >= 4 is 38.9 Å². The summed E-state index contributed by atoms with van der Waals surface area (Å²) in [5.41, 5.74) is 1.08. The fraction of sp³-hybridized carbons (Fsp3) is 0.296. The molecule has 0 aliphatic rings. The first-order valence-electron chi connectivity index (χ1n) is 11.9. The van der Waals surface area contributed by atoms with E-state index < -0.39 is 39.2 Å². The predicted molar refractivity (Wildman–Crippen MR) is 144 cm³/mol. The average molecular weight is 568 g/mol. The number of aryl methyl sites for hydroxylation is 1. The van der Waals surface area contributed by atoms with Crippen molar-refractivity contribution in [1.82, 2.24) is 5.32 Å². The summed E-state index contributed by atoms with van der Waals surface area (Å²) >= 11 is 5.74. The van der Waals surface area contributed by atoms with Gasteiger partial charge in [0.15, 0.2) is 0 Å². The van der Waals surface area contributed by atoms with E-state index in [0.29, 0.717) is 10.4 Å². The van der Waals surface area contributed by atoms with Gasteiger partial charge in [-0.15, -0.1) is 0 Å². The number of carbonyl (C=O) groups is 1. The molecule has 0 aliphatic carbocycles. The number of nitrogens with zero attached hydrogens (tertiary/aromatic N) is 2. The molecule has 3 aromatic rings. The maximum absolute atomic E-state index is 13.5. The lowest BCUT2D eigenvalue weighted by molar-refractivity contribution is -0.137. The number of nitrogens with one attached hydrogen (secondary N) is 1. The van der Waals surface area contributed by atoms with Crippen LogP contribution in [-0.2, 0) is 27.5 Å². The summed E-state index contributed by atoms with van der Waals surface area (Å²) in [5.74, 6) is -0.683. The Labute approximate surface area is 226 Å². The van der Waals surface area contributed by atoms with Crippen LogP contribution in [0, 0.1) is 6.92 Å². The topological polar surface area (TPSA) is 69.7 Å². The summed E-state index contributed by atoms with van der Waals surface area (Å²) in [6, 6.07) is 16.1.